The minimum atomic E-state index is -0.962. The average molecular weight is 332 g/mol. The zero-order valence-electron chi connectivity index (χ0n) is 15.1. The van der Waals surface area contributed by atoms with Gasteiger partial charge in [-0.25, -0.2) is 0 Å². The Kier molecular flexibility index (Phi) is 5.37. The van der Waals surface area contributed by atoms with Crippen molar-refractivity contribution in [1.82, 2.24) is 0 Å². The van der Waals surface area contributed by atoms with E-state index in [1.807, 2.05) is 6.92 Å². The van der Waals surface area contributed by atoms with Gasteiger partial charge in [-0.1, -0.05) is 44.4 Å². The number of carbonyl (C=O) groups is 1. The molecule has 0 radical (unpaired) electrons. The number of rotatable bonds is 4. The molecule has 0 aromatic rings. The third kappa shape index (κ3) is 3.28. The lowest BCUT2D eigenvalue weighted by Gasteiger charge is -2.50. The number of Topliss-reactive ketones (excluding diaryl/α,β-unsaturated/α-hetero) is 1. The molecule has 3 rings (SSSR count). The van der Waals surface area contributed by atoms with E-state index in [4.69, 9.17) is 0 Å². The van der Waals surface area contributed by atoms with Gasteiger partial charge in [-0.3, -0.25) is 4.79 Å². The second-order valence-electron chi connectivity index (χ2n) is 8.40. The minimum absolute atomic E-state index is 0.0839. The first-order valence-corrected chi connectivity index (χ1v) is 9.92. The Bertz CT molecular complexity index is 521. The van der Waals surface area contributed by atoms with Crippen molar-refractivity contribution in [2.24, 2.45) is 29.6 Å². The molecule has 0 aromatic heterocycles. The van der Waals surface area contributed by atoms with Crippen molar-refractivity contribution in [2.75, 3.05) is 0 Å². The van der Waals surface area contributed by atoms with E-state index in [0.717, 1.165) is 38.5 Å². The van der Waals surface area contributed by atoms with Gasteiger partial charge in [0.15, 0.2) is 0 Å². The molecule has 0 heterocycles. The number of ketones is 1. The summed E-state index contributed by atoms with van der Waals surface area (Å²) < 4.78 is 0. The number of aliphatic hydroxyl groups excluding tert-OH is 1. The highest BCUT2D eigenvalue weighted by Crippen LogP contribution is 2.51. The van der Waals surface area contributed by atoms with Crippen molar-refractivity contribution in [2.45, 2.75) is 83.3 Å². The van der Waals surface area contributed by atoms with Crippen molar-refractivity contribution in [3.63, 3.8) is 0 Å². The molecule has 24 heavy (non-hydrogen) atoms. The van der Waals surface area contributed by atoms with E-state index in [-0.39, 0.29) is 29.6 Å². The summed E-state index contributed by atoms with van der Waals surface area (Å²) in [6.45, 7) is 3.97. The molecule has 3 nitrogen and oxygen atoms in total. The fraction of sp³-hybridized carbons (Fsp3) is 0.857. The van der Waals surface area contributed by atoms with Gasteiger partial charge in [0, 0.05) is 11.8 Å². The van der Waals surface area contributed by atoms with Crippen LogP contribution < -0.4 is 0 Å². The number of hydrogen-bond acceptors (Lipinski definition) is 3. The molecule has 0 saturated heterocycles. The first-order chi connectivity index (χ1) is 11.5. The summed E-state index contributed by atoms with van der Waals surface area (Å²) in [5, 5.41) is 21.2. The molecular weight excluding hydrogens is 300 g/mol. The van der Waals surface area contributed by atoms with Gasteiger partial charge in [0.2, 0.25) is 0 Å². The molecule has 3 heteroatoms. The SMILES string of the molecule is CCCCC1C(=O)[C@@H]2CC[C@H](O)[C@@H](C#C[C@@](C)(O)C3CCCC3)[C@H]12. The molecule has 0 bridgehead atoms. The van der Waals surface area contributed by atoms with Gasteiger partial charge in [-0.05, 0) is 50.9 Å². The standard InChI is InChI=1S/C21H32O3/c1-3-4-9-16-19-15(18(22)11-10-17(19)20(16)23)12-13-21(2,24)14-7-5-6-8-14/h14-19,22,24H,3-11H2,1-2H3/t15-,16?,17-,18+,19-,21-/m1/s1. The zero-order chi connectivity index (χ0) is 17.3. The van der Waals surface area contributed by atoms with E-state index in [0.29, 0.717) is 12.2 Å². The average Bonchev–Trinajstić information content (AvgIpc) is 3.09. The van der Waals surface area contributed by atoms with Crippen molar-refractivity contribution in [3.05, 3.63) is 0 Å². The lowest BCUT2D eigenvalue weighted by Crippen LogP contribution is -2.56. The Morgan fingerprint density at radius 2 is 1.92 bits per heavy atom. The van der Waals surface area contributed by atoms with Crippen LogP contribution >= 0.6 is 0 Å². The first-order valence-electron chi connectivity index (χ1n) is 9.92. The van der Waals surface area contributed by atoms with Gasteiger partial charge in [0.25, 0.3) is 0 Å². The van der Waals surface area contributed by atoms with Crippen molar-refractivity contribution >= 4 is 5.78 Å². The third-order valence-electron chi connectivity index (χ3n) is 6.77. The van der Waals surface area contributed by atoms with Crippen LogP contribution in [0.4, 0.5) is 0 Å². The topological polar surface area (TPSA) is 57.5 Å². The molecule has 6 atom stereocenters. The van der Waals surface area contributed by atoms with Crippen LogP contribution in [0.2, 0.25) is 0 Å². The van der Waals surface area contributed by atoms with E-state index in [2.05, 4.69) is 18.8 Å². The number of fused-ring (bicyclic) bond motifs is 1. The summed E-state index contributed by atoms with van der Waals surface area (Å²) >= 11 is 0. The van der Waals surface area contributed by atoms with Crippen LogP contribution in [-0.2, 0) is 4.79 Å². The summed E-state index contributed by atoms with van der Waals surface area (Å²) in [5.74, 6) is 7.26. The quantitative estimate of drug-likeness (QED) is 0.777. The summed E-state index contributed by atoms with van der Waals surface area (Å²) in [6, 6.07) is 0. The maximum atomic E-state index is 12.4. The molecule has 0 amide bonds. The van der Waals surface area contributed by atoms with Crippen molar-refractivity contribution in [1.29, 1.82) is 0 Å². The van der Waals surface area contributed by atoms with Crippen LogP contribution in [-0.4, -0.2) is 27.7 Å². The van der Waals surface area contributed by atoms with E-state index < -0.39 is 11.7 Å². The maximum absolute atomic E-state index is 12.4. The summed E-state index contributed by atoms with van der Waals surface area (Å²) in [4.78, 5) is 12.4. The van der Waals surface area contributed by atoms with Gasteiger partial charge in [0.05, 0.1) is 12.0 Å². The Morgan fingerprint density at radius 1 is 1.21 bits per heavy atom. The second-order valence-corrected chi connectivity index (χ2v) is 8.40. The number of aliphatic hydroxyl groups is 2. The van der Waals surface area contributed by atoms with E-state index >= 15 is 0 Å². The second kappa shape index (κ2) is 7.18. The third-order valence-corrected chi connectivity index (χ3v) is 6.77. The summed E-state index contributed by atoms with van der Waals surface area (Å²) in [6.07, 6.45) is 8.54. The molecule has 3 fully saturated rings. The Morgan fingerprint density at radius 3 is 2.58 bits per heavy atom. The highest BCUT2D eigenvalue weighted by atomic mass is 16.3. The number of carbonyl (C=O) groups excluding carboxylic acids is 1. The van der Waals surface area contributed by atoms with Gasteiger partial charge in [-0.15, -0.1) is 0 Å². The first kappa shape index (κ1) is 18.0. The predicted octanol–water partition coefficient (Wildman–Crippen LogP) is 3.32. The number of unbranched alkanes of at least 4 members (excludes halogenated alkanes) is 1. The van der Waals surface area contributed by atoms with Crippen LogP contribution in [0.1, 0.15) is 71.6 Å². The highest BCUT2D eigenvalue weighted by molar-refractivity contribution is 5.90. The van der Waals surface area contributed by atoms with Crippen molar-refractivity contribution in [3.8, 4) is 11.8 Å². The molecule has 0 spiro atoms. The maximum Gasteiger partial charge on any atom is 0.139 e. The van der Waals surface area contributed by atoms with Gasteiger partial charge >= 0.3 is 0 Å². The summed E-state index contributed by atoms with van der Waals surface area (Å²) in [7, 11) is 0. The van der Waals surface area contributed by atoms with E-state index in [1.165, 1.54) is 12.8 Å². The summed E-state index contributed by atoms with van der Waals surface area (Å²) in [5.41, 5.74) is -0.962. The molecule has 134 valence electrons. The van der Waals surface area contributed by atoms with Crippen LogP contribution in [0.5, 0.6) is 0 Å². The fourth-order valence-corrected chi connectivity index (χ4v) is 5.21. The zero-order valence-corrected chi connectivity index (χ0v) is 15.1. The molecule has 0 aromatic carbocycles. The fourth-order valence-electron chi connectivity index (χ4n) is 5.21. The molecule has 2 N–H and O–H groups in total. The normalized spacial score (nSPS) is 38.7. The smallest absolute Gasteiger partial charge is 0.139 e. The molecule has 3 saturated carbocycles. The molecule has 3 aliphatic rings. The molecule has 3 aliphatic carbocycles. The molecule has 1 unspecified atom stereocenters. The van der Waals surface area contributed by atoms with Crippen LogP contribution in [0, 0.1) is 41.4 Å². The van der Waals surface area contributed by atoms with E-state index in [1.54, 1.807) is 0 Å². The Balaban J connectivity index is 1.75. The van der Waals surface area contributed by atoms with E-state index in [9.17, 15) is 15.0 Å². The Labute approximate surface area is 146 Å². The minimum Gasteiger partial charge on any atom is -0.392 e. The lowest BCUT2D eigenvalue weighted by atomic mass is 9.52. The highest BCUT2D eigenvalue weighted by Gasteiger charge is 2.55. The van der Waals surface area contributed by atoms with Crippen molar-refractivity contribution < 1.29 is 15.0 Å². The monoisotopic (exact) mass is 332 g/mol. The van der Waals surface area contributed by atoms with Gasteiger partial charge in [0.1, 0.15) is 11.4 Å². The van der Waals surface area contributed by atoms with Crippen LogP contribution in [0.15, 0.2) is 0 Å². The lowest BCUT2D eigenvalue weighted by molar-refractivity contribution is -0.154. The van der Waals surface area contributed by atoms with Gasteiger partial charge < -0.3 is 10.2 Å². The van der Waals surface area contributed by atoms with Crippen LogP contribution in [0.3, 0.4) is 0 Å². The Hall–Kier alpha value is -0.850. The number of hydrogen-bond donors (Lipinski definition) is 2. The molecule has 0 aliphatic heterocycles. The largest absolute Gasteiger partial charge is 0.392 e. The predicted molar refractivity (Wildman–Crippen MR) is 94.1 cm³/mol. The van der Waals surface area contributed by atoms with Gasteiger partial charge in [-0.2, -0.15) is 0 Å². The molecular formula is C21H32O3. The van der Waals surface area contributed by atoms with Crippen LogP contribution in [0.25, 0.3) is 0 Å².